The van der Waals surface area contributed by atoms with Crippen LogP contribution in [0, 0.1) is 0 Å². The van der Waals surface area contributed by atoms with Crippen LogP contribution in [0.4, 0.5) is 0 Å². The van der Waals surface area contributed by atoms with Gasteiger partial charge in [0, 0.05) is 22.5 Å². The molecule has 1 aromatic heterocycles. The lowest BCUT2D eigenvalue weighted by molar-refractivity contribution is 0.320. The predicted octanol–water partition coefficient (Wildman–Crippen LogP) is 4.07. The quantitative estimate of drug-likeness (QED) is 0.868. The molecule has 2 aromatic rings. The Morgan fingerprint density at radius 2 is 1.95 bits per heavy atom. The lowest BCUT2D eigenvalue weighted by atomic mass is 9.98. The lowest BCUT2D eigenvalue weighted by Gasteiger charge is -2.17. The van der Waals surface area contributed by atoms with Gasteiger partial charge in [-0.25, -0.2) is 0 Å². The lowest BCUT2D eigenvalue weighted by Crippen LogP contribution is -2.28. The molecule has 114 valence electrons. The second-order valence-electron chi connectivity index (χ2n) is 5.02. The molecular formula is C15H19Cl2N3O. The van der Waals surface area contributed by atoms with E-state index in [1.807, 2.05) is 25.2 Å². The highest BCUT2D eigenvalue weighted by atomic mass is 35.5. The number of rotatable bonds is 6. The predicted molar refractivity (Wildman–Crippen MR) is 85.1 cm³/mol. The maximum atomic E-state index is 6.17. The zero-order valence-corrected chi connectivity index (χ0v) is 13.9. The summed E-state index contributed by atoms with van der Waals surface area (Å²) in [6.45, 7) is 4.20. The van der Waals surface area contributed by atoms with Gasteiger partial charge in [-0.3, -0.25) is 0 Å². The molecule has 0 fully saturated rings. The molecule has 0 radical (unpaired) electrons. The molecule has 0 aliphatic carbocycles. The van der Waals surface area contributed by atoms with Crippen molar-refractivity contribution in [3.05, 3.63) is 45.5 Å². The normalized spacial score (nSPS) is 14.1. The van der Waals surface area contributed by atoms with E-state index in [1.54, 1.807) is 0 Å². The van der Waals surface area contributed by atoms with Gasteiger partial charge in [-0.15, -0.1) is 0 Å². The van der Waals surface area contributed by atoms with E-state index in [2.05, 4.69) is 29.3 Å². The molecule has 0 amide bonds. The molecule has 0 aliphatic rings. The van der Waals surface area contributed by atoms with Crippen LogP contribution < -0.4 is 5.32 Å². The van der Waals surface area contributed by atoms with E-state index >= 15 is 0 Å². The summed E-state index contributed by atoms with van der Waals surface area (Å²) < 4.78 is 5.41. The van der Waals surface area contributed by atoms with E-state index in [4.69, 9.17) is 27.7 Å². The van der Waals surface area contributed by atoms with Gasteiger partial charge in [0.25, 0.3) is 0 Å². The van der Waals surface area contributed by atoms with Gasteiger partial charge in [-0.2, -0.15) is 4.98 Å². The highest BCUT2D eigenvalue weighted by Crippen LogP contribution is 2.27. The van der Waals surface area contributed by atoms with E-state index in [0.29, 0.717) is 28.2 Å². The average molecular weight is 328 g/mol. The first-order valence-corrected chi connectivity index (χ1v) is 7.75. The van der Waals surface area contributed by atoms with Crippen LogP contribution in [0.2, 0.25) is 10.0 Å². The van der Waals surface area contributed by atoms with Crippen LogP contribution in [0.15, 0.2) is 22.7 Å². The first kappa shape index (κ1) is 16.3. The fourth-order valence-electron chi connectivity index (χ4n) is 2.29. The van der Waals surface area contributed by atoms with Crippen molar-refractivity contribution in [2.45, 2.75) is 38.6 Å². The Bertz CT molecular complexity index is 580. The Kier molecular flexibility index (Phi) is 5.62. The van der Waals surface area contributed by atoms with Gasteiger partial charge in [-0.05, 0) is 38.1 Å². The highest BCUT2D eigenvalue weighted by Gasteiger charge is 2.23. The molecule has 1 aromatic carbocycles. The van der Waals surface area contributed by atoms with Crippen molar-refractivity contribution in [3.8, 4) is 0 Å². The van der Waals surface area contributed by atoms with E-state index in [-0.39, 0.29) is 12.0 Å². The first-order chi connectivity index (χ1) is 10.1. The van der Waals surface area contributed by atoms with Gasteiger partial charge >= 0.3 is 0 Å². The van der Waals surface area contributed by atoms with Crippen LogP contribution in [0.25, 0.3) is 0 Å². The van der Waals surface area contributed by atoms with Crippen molar-refractivity contribution in [2.75, 3.05) is 7.05 Å². The minimum atomic E-state index is 0.193. The highest BCUT2D eigenvalue weighted by molar-refractivity contribution is 6.36. The topological polar surface area (TPSA) is 51.0 Å². The Labute approximate surface area is 134 Å². The van der Waals surface area contributed by atoms with E-state index in [9.17, 15) is 0 Å². The fraction of sp³-hybridized carbons (Fsp3) is 0.467. The number of likely N-dealkylation sites (N-methyl/N-ethyl adjacent to an activating group) is 1. The fourth-order valence-corrected chi connectivity index (χ4v) is 2.82. The largest absolute Gasteiger partial charge is 0.339 e. The standard InChI is InChI=1S/C15H19Cl2N3O/c1-4-10(9(2)18-3)15-19-14(20-21-15)8-11-12(16)6-5-7-13(11)17/h5-7,9-10,18H,4,8H2,1-3H3. The number of benzene rings is 1. The Balaban J connectivity index is 2.20. The number of nitrogens with one attached hydrogen (secondary N) is 1. The molecule has 0 spiro atoms. The number of halogens is 2. The number of hydrogen-bond acceptors (Lipinski definition) is 4. The van der Waals surface area contributed by atoms with Gasteiger partial charge in [0.05, 0.1) is 5.92 Å². The third kappa shape index (κ3) is 3.76. The van der Waals surface area contributed by atoms with Crippen molar-refractivity contribution >= 4 is 23.2 Å². The molecule has 0 saturated carbocycles. The van der Waals surface area contributed by atoms with Crippen molar-refractivity contribution in [1.29, 1.82) is 0 Å². The second-order valence-corrected chi connectivity index (χ2v) is 5.83. The molecule has 2 unspecified atom stereocenters. The van der Waals surface area contributed by atoms with E-state index < -0.39 is 0 Å². The SMILES string of the molecule is CCC(c1nc(Cc2c(Cl)cccc2Cl)no1)C(C)NC. The van der Waals surface area contributed by atoms with Crippen LogP contribution in [-0.4, -0.2) is 23.2 Å². The molecule has 1 heterocycles. The van der Waals surface area contributed by atoms with Gasteiger partial charge in [0.1, 0.15) is 0 Å². The Morgan fingerprint density at radius 1 is 1.29 bits per heavy atom. The molecule has 2 rings (SSSR count). The second kappa shape index (κ2) is 7.25. The summed E-state index contributed by atoms with van der Waals surface area (Å²) >= 11 is 12.3. The molecule has 0 saturated heterocycles. The Hall–Kier alpha value is -1.10. The summed E-state index contributed by atoms with van der Waals surface area (Å²) in [6.07, 6.45) is 1.39. The zero-order chi connectivity index (χ0) is 15.4. The van der Waals surface area contributed by atoms with Gasteiger partial charge in [0.15, 0.2) is 5.82 Å². The molecule has 0 bridgehead atoms. The van der Waals surface area contributed by atoms with E-state index in [0.717, 1.165) is 12.0 Å². The van der Waals surface area contributed by atoms with Crippen molar-refractivity contribution in [2.24, 2.45) is 0 Å². The zero-order valence-electron chi connectivity index (χ0n) is 12.4. The van der Waals surface area contributed by atoms with Crippen molar-refractivity contribution < 1.29 is 4.52 Å². The monoisotopic (exact) mass is 327 g/mol. The summed E-state index contributed by atoms with van der Waals surface area (Å²) in [7, 11) is 1.92. The summed E-state index contributed by atoms with van der Waals surface area (Å²) in [6, 6.07) is 5.70. The minimum Gasteiger partial charge on any atom is -0.339 e. The van der Waals surface area contributed by atoms with Crippen LogP contribution in [0.5, 0.6) is 0 Å². The summed E-state index contributed by atoms with van der Waals surface area (Å²) in [5, 5.41) is 8.50. The third-order valence-electron chi connectivity index (χ3n) is 3.70. The van der Waals surface area contributed by atoms with Gasteiger partial charge in [-0.1, -0.05) is 41.3 Å². The van der Waals surface area contributed by atoms with Crippen LogP contribution in [0.3, 0.4) is 0 Å². The summed E-state index contributed by atoms with van der Waals surface area (Å²) in [5.74, 6) is 1.44. The molecule has 2 atom stereocenters. The summed E-state index contributed by atoms with van der Waals surface area (Å²) in [5.41, 5.74) is 0.822. The van der Waals surface area contributed by atoms with Crippen LogP contribution >= 0.6 is 23.2 Å². The summed E-state index contributed by atoms with van der Waals surface area (Å²) in [4.78, 5) is 4.49. The number of aromatic nitrogens is 2. The van der Waals surface area contributed by atoms with Gasteiger partial charge in [0.2, 0.25) is 5.89 Å². The molecule has 21 heavy (non-hydrogen) atoms. The number of nitrogens with zero attached hydrogens (tertiary/aromatic N) is 2. The molecule has 0 aliphatic heterocycles. The van der Waals surface area contributed by atoms with Crippen molar-refractivity contribution in [3.63, 3.8) is 0 Å². The maximum Gasteiger partial charge on any atom is 0.231 e. The first-order valence-electron chi connectivity index (χ1n) is 6.99. The van der Waals surface area contributed by atoms with Crippen molar-refractivity contribution in [1.82, 2.24) is 15.5 Å². The maximum absolute atomic E-state index is 6.17. The molecular weight excluding hydrogens is 309 g/mol. The molecule has 6 heteroatoms. The van der Waals surface area contributed by atoms with Crippen LogP contribution in [-0.2, 0) is 6.42 Å². The minimum absolute atomic E-state index is 0.193. The molecule has 1 N–H and O–H groups in total. The number of hydrogen-bond donors (Lipinski definition) is 1. The average Bonchev–Trinajstić information content (AvgIpc) is 2.92. The molecule has 4 nitrogen and oxygen atoms in total. The van der Waals surface area contributed by atoms with Gasteiger partial charge < -0.3 is 9.84 Å². The van der Waals surface area contributed by atoms with E-state index in [1.165, 1.54) is 0 Å². The van der Waals surface area contributed by atoms with Crippen LogP contribution in [0.1, 0.15) is 43.5 Å². The third-order valence-corrected chi connectivity index (χ3v) is 4.40. The smallest absolute Gasteiger partial charge is 0.231 e. The Morgan fingerprint density at radius 3 is 2.52 bits per heavy atom.